The highest BCUT2D eigenvalue weighted by Crippen LogP contribution is 2.32. The minimum atomic E-state index is -1.89. The number of aliphatic hydroxyl groups is 1. The highest BCUT2D eigenvalue weighted by atomic mass is 16.6. The van der Waals surface area contributed by atoms with Gasteiger partial charge in [0.2, 0.25) is 5.60 Å². The first kappa shape index (κ1) is 18.9. The second kappa shape index (κ2) is 8.70. The quantitative estimate of drug-likeness (QED) is 0.484. The van der Waals surface area contributed by atoms with Crippen LogP contribution in [-0.4, -0.2) is 41.7 Å². The van der Waals surface area contributed by atoms with Gasteiger partial charge in [-0.05, 0) is 38.3 Å². The summed E-state index contributed by atoms with van der Waals surface area (Å²) >= 11 is 0. The number of rotatable bonds is 6. The average Bonchev–Trinajstić information content (AvgIpc) is 2.69. The highest BCUT2D eigenvalue weighted by molar-refractivity contribution is 5.85. The molecule has 140 valence electrons. The molecule has 0 spiro atoms. The minimum absolute atomic E-state index is 0.137. The largest absolute Gasteiger partial charge is 0.458 e. The van der Waals surface area contributed by atoms with Crippen molar-refractivity contribution >= 4 is 5.97 Å². The molecule has 0 saturated carbocycles. The molecular formula is C22H29NO3. The second-order valence-corrected chi connectivity index (χ2v) is 7.42. The average molecular weight is 355 g/mol. The van der Waals surface area contributed by atoms with Gasteiger partial charge >= 0.3 is 5.97 Å². The van der Waals surface area contributed by atoms with Crippen molar-refractivity contribution in [2.45, 2.75) is 57.2 Å². The lowest BCUT2D eigenvalue weighted by Gasteiger charge is -2.44. The first-order chi connectivity index (χ1) is 12.6. The fourth-order valence-corrected chi connectivity index (χ4v) is 3.84. The Morgan fingerprint density at radius 2 is 2.00 bits per heavy atom. The van der Waals surface area contributed by atoms with Gasteiger partial charge in [-0.25, -0.2) is 4.79 Å². The molecule has 0 radical (unpaired) electrons. The van der Waals surface area contributed by atoms with Crippen molar-refractivity contribution in [3.05, 3.63) is 35.9 Å². The van der Waals surface area contributed by atoms with Crippen LogP contribution in [0.2, 0.25) is 0 Å². The summed E-state index contributed by atoms with van der Waals surface area (Å²) in [5.41, 5.74) is -1.41. The molecule has 3 aliphatic heterocycles. The number of fused-ring (bicyclic) bond motifs is 3. The van der Waals surface area contributed by atoms with E-state index in [-0.39, 0.29) is 6.10 Å². The van der Waals surface area contributed by atoms with Gasteiger partial charge in [-0.1, -0.05) is 61.9 Å². The Bertz CT molecular complexity index is 655. The maximum absolute atomic E-state index is 12.9. The molecule has 1 N–H and O–H groups in total. The van der Waals surface area contributed by atoms with Crippen molar-refractivity contribution in [3.8, 4) is 11.8 Å². The van der Waals surface area contributed by atoms with Crippen LogP contribution in [0.4, 0.5) is 0 Å². The standard InChI is InChI=1S/C22H29NO3/c1-2-3-4-5-9-14-22(25,19-10-7-6-8-11-19)21(24)26-20-17-23-15-12-18(20)13-16-23/h6-8,10-11,18,20,25H,2-5,12-13,15-17H2,1H3. The minimum Gasteiger partial charge on any atom is -0.458 e. The van der Waals surface area contributed by atoms with E-state index in [1.54, 1.807) is 24.3 Å². The molecular weight excluding hydrogens is 326 g/mol. The first-order valence-electron chi connectivity index (χ1n) is 9.85. The third kappa shape index (κ3) is 4.28. The van der Waals surface area contributed by atoms with Crippen molar-refractivity contribution in [2.75, 3.05) is 19.6 Å². The highest BCUT2D eigenvalue weighted by Gasteiger charge is 2.43. The van der Waals surface area contributed by atoms with Crippen LogP contribution in [0.5, 0.6) is 0 Å². The number of esters is 1. The molecule has 4 rings (SSSR count). The number of benzene rings is 1. The van der Waals surface area contributed by atoms with E-state index in [4.69, 9.17) is 4.74 Å². The zero-order chi connectivity index (χ0) is 18.4. The molecule has 26 heavy (non-hydrogen) atoms. The topological polar surface area (TPSA) is 49.8 Å². The van der Waals surface area contributed by atoms with Crippen LogP contribution in [-0.2, 0) is 15.1 Å². The number of unbranched alkanes of at least 4 members (excludes halogenated alkanes) is 3. The lowest BCUT2D eigenvalue weighted by Crippen LogP contribution is -2.53. The van der Waals surface area contributed by atoms with Gasteiger partial charge in [0, 0.05) is 18.5 Å². The van der Waals surface area contributed by atoms with Gasteiger partial charge in [-0.2, -0.15) is 0 Å². The number of hydrogen-bond donors (Lipinski definition) is 1. The summed E-state index contributed by atoms with van der Waals surface area (Å²) in [5.74, 6) is 5.59. The molecule has 1 aromatic rings. The molecule has 2 atom stereocenters. The number of piperidine rings is 3. The molecule has 2 unspecified atom stereocenters. The molecule has 4 heteroatoms. The Hall–Kier alpha value is -1.83. The zero-order valence-corrected chi connectivity index (χ0v) is 15.6. The number of nitrogens with zero attached hydrogens (tertiary/aromatic N) is 1. The van der Waals surface area contributed by atoms with Crippen LogP contribution < -0.4 is 0 Å². The van der Waals surface area contributed by atoms with E-state index in [1.165, 1.54) is 0 Å². The Balaban J connectivity index is 1.75. The maximum Gasteiger partial charge on any atom is 0.356 e. The van der Waals surface area contributed by atoms with Crippen molar-refractivity contribution in [1.82, 2.24) is 4.90 Å². The predicted octanol–water partition coefficient (Wildman–Crippen LogP) is 3.10. The van der Waals surface area contributed by atoms with E-state index >= 15 is 0 Å². The zero-order valence-electron chi connectivity index (χ0n) is 15.6. The van der Waals surface area contributed by atoms with E-state index in [0.29, 0.717) is 17.9 Å². The third-order valence-corrected chi connectivity index (χ3v) is 5.52. The van der Waals surface area contributed by atoms with E-state index in [9.17, 15) is 9.90 Å². The summed E-state index contributed by atoms with van der Waals surface area (Å²) in [4.78, 5) is 15.3. The fraction of sp³-hybridized carbons (Fsp3) is 0.591. The molecule has 3 aliphatic rings. The van der Waals surface area contributed by atoms with Crippen molar-refractivity contribution < 1.29 is 14.6 Å². The molecule has 1 aromatic carbocycles. The van der Waals surface area contributed by atoms with Crippen molar-refractivity contribution in [1.29, 1.82) is 0 Å². The summed E-state index contributed by atoms with van der Waals surface area (Å²) in [5, 5.41) is 11.1. The first-order valence-corrected chi connectivity index (χ1v) is 9.85. The summed E-state index contributed by atoms with van der Waals surface area (Å²) in [6, 6.07) is 8.94. The molecule has 0 aliphatic carbocycles. The molecule has 2 bridgehead atoms. The molecule has 4 nitrogen and oxygen atoms in total. The van der Waals surface area contributed by atoms with Crippen molar-refractivity contribution in [2.24, 2.45) is 5.92 Å². The Morgan fingerprint density at radius 1 is 1.27 bits per heavy atom. The summed E-state index contributed by atoms with van der Waals surface area (Å²) in [6.45, 7) is 5.07. The van der Waals surface area contributed by atoms with E-state index in [1.807, 2.05) is 6.07 Å². The normalized spacial score (nSPS) is 26.5. The molecule has 3 heterocycles. The monoisotopic (exact) mass is 355 g/mol. The van der Waals surface area contributed by atoms with Gasteiger partial charge < -0.3 is 9.84 Å². The van der Waals surface area contributed by atoms with Gasteiger partial charge in [0.1, 0.15) is 6.10 Å². The fourth-order valence-electron chi connectivity index (χ4n) is 3.84. The van der Waals surface area contributed by atoms with Gasteiger partial charge in [0.25, 0.3) is 0 Å². The van der Waals surface area contributed by atoms with Crippen LogP contribution in [0.3, 0.4) is 0 Å². The van der Waals surface area contributed by atoms with Crippen LogP contribution in [0.1, 0.15) is 51.0 Å². The summed E-state index contributed by atoms with van der Waals surface area (Å²) in [6.07, 6.45) is 5.85. The van der Waals surface area contributed by atoms with Gasteiger partial charge in [0.15, 0.2) is 0 Å². The van der Waals surface area contributed by atoms with Crippen LogP contribution in [0.25, 0.3) is 0 Å². The molecule has 3 saturated heterocycles. The second-order valence-electron chi connectivity index (χ2n) is 7.42. The Labute approximate surface area is 156 Å². The van der Waals surface area contributed by atoms with Crippen molar-refractivity contribution in [3.63, 3.8) is 0 Å². The number of hydrogen-bond acceptors (Lipinski definition) is 4. The number of carbonyl (C=O) groups is 1. The maximum atomic E-state index is 12.9. The molecule has 0 amide bonds. The number of ether oxygens (including phenoxy) is 1. The summed E-state index contributed by atoms with van der Waals surface area (Å²) < 4.78 is 5.79. The number of carbonyl (C=O) groups excluding carboxylic acids is 1. The lowest BCUT2D eigenvalue weighted by atomic mass is 9.85. The van der Waals surface area contributed by atoms with E-state index in [2.05, 4.69) is 23.7 Å². The smallest absolute Gasteiger partial charge is 0.356 e. The lowest BCUT2D eigenvalue weighted by molar-refractivity contribution is -0.175. The molecule has 0 aromatic heterocycles. The van der Waals surface area contributed by atoms with Gasteiger partial charge in [-0.15, -0.1) is 0 Å². The van der Waals surface area contributed by atoms with E-state index in [0.717, 1.165) is 51.7 Å². The van der Waals surface area contributed by atoms with E-state index < -0.39 is 11.6 Å². The summed E-state index contributed by atoms with van der Waals surface area (Å²) in [7, 11) is 0. The van der Waals surface area contributed by atoms with Gasteiger partial charge in [-0.3, -0.25) is 4.90 Å². The van der Waals surface area contributed by atoms with Gasteiger partial charge in [0.05, 0.1) is 0 Å². The third-order valence-electron chi connectivity index (χ3n) is 5.52. The van der Waals surface area contributed by atoms with Crippen LogP contribution in [0, 0.1) is 17.8 Å². The predicted molar refractivity (Wildman–Crippen MR) is 101 cm³/mol. The van der Waals surface area contributed by atoms with Crippen LogP contribution >= 0.6 is 0 Å². The Kier molecular flexibility index (Phi) is 6.34. The Morgan fingerprint density at radius 3 is 2.62 bits per heavy atom. The SMILES string of the molecule is CCCCCC#CC(O)(C(=O)OC1CN2CCC1CC2)c1ccccc1. The van der Waals surface area contributed by atoms with Crippen LogP contribution in [0.15, 0.2) is 30.3 Å². The molecule has 3 fully saturated rings.